The van der Waals surface area contributed by atoms with E-state index < -0.39 is 22.5 Å². The Morgan fingerprint density at radius 2 is 1.96 bits per heavy atom. The Morgan fingerprint density at radius 1 is 1.29 bits per heavy atom. The van der Waals surface area contributed by atoms with Crippen molar-refractivity contribution in [2.75, 3.05) is 26.7 Å². The molecule has 0 aromatic carbocycles. The summed E-state index contributed by atoms with van der Waals surface area (Å²) in [6.45, 7) is 2.24. The molecule has 3 saturated heterocycles. The van der Waals surface area contributed by atoms with Gasteiger partial charge in [-0.3, -0.25) is 9.55 Å². The third-order valence-electron chi connectivity index (χ3n) is 4.86. The van der Waals surface area contributed by atoms with Crippen LogP contribution < -0.4 is 5.73 Å². The zero-order valence-electron chi connectivity index (χ0n) is 13.5. The summed E-state index contributed by atoms with van der Waals surface area (Å²) in [5.41, 5.74) is 6.15. The number of hydrogen-bond donors (Lipinski definition) is 2. The summed E-state index contributed by atoms with van der Waals surface area (Å²) >= 11 is 0. The molecular formula is C13H23N5O5S. The highest BCUT2D eigenvalue weighted by atomic mass is 32.3. The molecule has 0 radical (unpaired) electrons. The van der Waals surface area contributed by atoms with Crippen LogP contribution >= 0.6 is 0 Å². The number of nitrogens with two attached hydrogens (primary N) is 1. The van der Waals surface area contributed by atoms with E-state index in [-0.39, 0.29) is 12.1 Å². The molecule has 2 amide bonds. The van der Waals surface area contributed by atoms with Gasteiger partial charge in [0.25, 0.3) is 0 Å². The first-order valence-electron chi connectivity index (χ1n) is 8.03. The van der Waals surface area contributed by atoms with Crippen LogP contribution in [0.15, 0.2) is 4.99 Å². The van der Waals surface area contributed by atoms with Crippen molar-refractivity contribution < 1.29 is 22.0 Å². The Labute approximate surface area is 141 Å². The molecule has 3 fully saturated rings. The minimum Gasteiger partial charge on any atom is -0.386 e. The molecule has 3 rings (SSSR count). The smallest absolute Gasteiger partial charge is 0.386 e. The number of piperidine rings is 2. The minimum atomic E-state index is -4.73. The second-order valence-electron chi connectivity index (χ2n) is 6.60. The van der Waals surface area contributed by atoms with E-state index in [1.807, 2.05) is 0 Å². The minimum absolute atomic E-state index is 0.154. The lowest BCUT2D eigenvalue weighted by molar-refractivity contribution is -0.0316. The van der Waals surface area contributed by atoms with Gasteiger partial charge in [-0.2, -0.15) is 13.5 Å². The molecule has 0 aromatic rings. The van der Waals surface area contributed by atoms with Crippen molar-refractivity contribution in [1.29, 1.82) is 0 Å². The Hall–Kier alpha value is -1.43. The van der Waals surface area contributed by atoms with Crippen LogP contribution in [0.5, 0.6) is 0 Å². The maximum absolute atomic E-state index is 12.3. The summed E-state index contributed by atoms with van der Waals surface area (Å²) in [5, 5.41) is 0.720. The fraction of sp³-hybridized carbons (Fsp3) is 0.846. The average molecular weight is 361 g/mol. The lowest BCUT2D eigenvalue weighted by atomic mass is 9.99. The molecule has 0 saturated carbocycles. The number of fused-ring (bicyclic) bond motifs is 2. The van der Waals surface area contributed by atoms with Gasteiger partial charge in [0.05, 0.1) is 18.1 Å². The van der Waals surface area contributed by atoms with Crippen LogP contribution in [-0.4, -0.2) is 84.5 Å². The summed E-state index contributed by atoms with van der Waals surface area (Å²) in [7, 11) is -2.67. The molecule has 0 aromatic heterocycles. The number of hydroxylamine groups is 2. The number of nitrogens with zero attached hydrogens (tertiary/aromatic N) is 4. The van der Waals surface area contributed by atoms with E-state index in [0.717, 1.165) is 31.0 Å². The van der Waals surface area contributed by atoms with Crippen molar-refractivity contribution in [2.45, 2.75) is 43.8 Å². The van der Waals surface area contributed by atoms with Gasteiger partial charge in [-0.25, -0.2) is 4.79 Å². The van der Waals surface area contributed by atoms with Gasteiger partial charge in [0.15, 0.2) is 0 Å². The van der Waals surface area contributed by atoms with E-state index in [9.17, 15) is 13.2 Å². The van der Waals surface area contributed by atoms with Crippen molar-refractivity contribution >= 4 is 22.3 Å². The standard InChI is InChI=1S/C13H23N5O5S/c1-16-6-4-9(5-7-16)15-12(14)11-3-2-10-8-17(11)13(19)18(10)23-24(20,21)22/h9-11H,2-8H2,1H3,(H2,14,15)(H,20,21,22)/t10-,11+/m1/s1. The van der Waals surface area contributed by atoms with Crippen molar-refractivity contribution in [3.8, 4) is 0 Å². The molecule has 3 heterocycles. The van der Waals surface area contributed by atoms with E-state index in [1.54, 1.807) is 0 Å². The topological polar surface area (TPSA) is 129 Å². The molecule has 136 valence electrons. The summed E-state index contributed by atoms with van der Waals surface area (Å²) in [6.07, 6.45) is 2.98. The number of urea groups is 1. The van der Waals surface area contributed by atoms with Crippen LogP contribution in [0.25, 0.3) is 0 Å². The molecule has 11 heteroatoms. The first-order chi connectivity index (χ1) is 11.2. The summed E-state index contributed by atoms with van der Waals surface area (Å²) in [5.74, 6) is 0.407. The van der Waals surface area contributed by atoms with Crippen molar-refractivity contribution in [3.63, 3.8) is 0 Å². The predicted molar refractivity (Wildman–Crippen MR) is 85.5 cm³/mol. The number of rotatable bonds is 4. The number of amides is 2. The van der Waals surface area contributed by atoms with Crippen LogP contribution in [0, 0.1) is 0 Å². The number of aliphatic imine (C=N–C) groups is 1. The van der Waals surface area contributed by atoms with Gasteiger partial charge in [0.1, 0.15) is 5.84 Å². The fourth-order valence-electron chi connectivity index (χ4n) is 3.56. The molecule has 3 aliphatic rings. The van der Waals surface area contributed by atoms with Crippen LogP contribution in [0.3, 0.4) is 0 Å². The largest absolute Gasteiger partial charge is 0.418 e. The van der Waals surface area contributed by atoms with E-state index in [4.69, 9.17) is 10.3 Å². The molecular weight excluding hydrogens is 338 g/mol. The zero-order chi connectivity index (χ0) is 17.5. The molecule has 0 aliphatic carbocycles. The van der Waals surface area contributed by atoms with E-state index in [1.165, 1.54) is 4.90 Å². The van der Waals surface area contributed by atoms with Crippen molar-refractivity contribution in [2.24, 2.45) is 10.7 Å². The SMILES string of the molecule is CN1CCC(N=C(N)[C@@H]2CC[C@@H]3CN2C(=O)N3OS(=O)(=O)O)CC1. The van der Waals surface area contributed by atoms with E-state index in [0.29, 0.717) is 25.2 Å². The highest BCUT2D eigenvalue weighted by molar-refractivity contribution is 7.80. The normalized spacial score (nSPS) is 30.2. The van der Waals surface area contributed by atoms with Gasteiger partial charge < -0.3 is 15.5 Å². The Bertz CT molecular complexity index is 631. The Kier molecular flexibility index (Phi) is 4.69. The van der Waals surface area contributed by atoms with Crippen molar-refractivity contribution in [1.82, 2.24) is 14.9 Å². The molecule has 0 unspecified atom stereocenters. The van der Waals surface area contributed by atoms with Gasteiger partial charge in [-0.15, -0.1) is 4.28 Å². The van der Waals surface area contributed by atoms with Gasteiger partial charge in [0, 0.05) is 6.54 Å². The predicted octanol–water partition coefficient (Wildman–Crippen LogP) is -0.559. The first kappa shape index (κ1) is 17.4. The molecule has 24 heavy (non-hydrogen) atoms. The maximum atomic E-state index is 12.3. The molecule has 0 spiro atoms. The van der Waals surface area contributed by atoms with Crippen LogP contribution in [-0.2, 0) is 14.7 Å². The highest BCUT2D eigenvalue weighted by Gasteiger charge is 2.48. The number of likely N-dealkylation sites (tertiary alicyclic amines) is 1. The van der Waals surface area contributed by atoms with Crippen LogP contribution in [0.2, 0.25) is 0 Å². The van der Waals surface area contributed by atoms with Crippen molar-refractivity contribution in [3.05, 3.63) is 0 Å². The Balaban J connectivity index is 1.69. The van der Waals surface area contributed by atoms with E-state index in [2.05, 4.69) is 21.2 Å². The fourth-order valence-corrected chi connectivity index (χ4v) is 3.95. The van der Waals surface area contributed by atoms with Gasteiger partial charge in [0.2, 0.25) is 0 Å². The third-order valence-corrected chi connectivity index (χ3v) is 5.21. The van der Waals surface area contributed by atoms with Gasteiger partial charge >= 0.3 is 16.4 Å². The van der Waals surface area contributed by atoms with E-state index >= 15 is 0 Å². The average Bonchev–Trinajstić information content (AvgIpc) is 2.73. The number of carbonyl (C=O) groups excluding carboxylic acids is 1. The monoisotopic (exact) mass is 361 g/mol. The molecule has 10 nitrogen and oxygen atoms in total. The third kappa shape index (κ3) is 3.63. The van der Waals surface area contributed by atoms with Gasteiger partial charge in [-0.1, -0.05) is 0 Å². The number of amidine groups is 1. The molecule has 2 atom stereocenters. The Morgan fingerprint density at radius 3 is 2.58 bits per heavy atom. The maximum Gasteiger partial charge on any atom is 0.418 e. The quantitative estimate of drug-likeness (QED) is 0.390. The molecule has 3 N–H and O–H groups in total. The second-order valence-corrected chi connectivity index (χ2v) is 7.60. The molecule has 3 aliphatic heterocycles. The van der Waals surface area contributed by atoms with Crippen LogP contribution in [0.4, 0.5) is 4.79 Å². The summed E-state index contributed by atoms with van der Waals surface area (Å²) < 4.78 is 35.0. The molecule has 2 bridgehead atoms. The lowest BCUT2D eigenvalue weighted by Gasteiger charge is -2.31. The number of carbonyl (C=O) groups is 1. The van der Waals surface area contributed by atoms with Crippen LogP contribution in [0.1, 0.15) is 25.7 Å². The lowest BCUT2D eigenvalue weighted by Crippen LogP contribution is -2.48. The summed E-state index contributed by atoms with van der Waals surface area (Å²) in [6, 6.07) is -1.22. The zero-order valence-corrected chi connectivity index (χ0v) is 14.4. The highest BCUT2D eigenvalue weighted by Crippen LogP contribution is 2.31. The van der Waals surface area contributed by atoms with Gasteiger partial charge in [-0.05, 0) is 45.8 Å². The second kappa shape index (κ2) is 6.47. The first-order valence-corrected chi connectivity index (χ1v) is 9.39. The summed E-state index contributed by atoms with van der Waals surface area (Å²) in [4.78, 5) is 20.6. The number of hydrogen-bond acceptors (Lipinski definition) is 6.